The molecule has 2 atom stereocenters. The van der Waals surface area contributed by atoms with E-state index in [-0.39, 0.29) is 6.61 Å². The van der Waals surface area contributed by atoms with Crippen LogP contribution in [0.4, 0.5) is 0 Å². The average Bonchev–Trinajstić information content (AvgIpc) is 2.47. The van der Waals surface area contributed by atoms with Crippen molar-refractivity contribution in [3.8, 4) is 0 Å². The van der Waals surface area contributed by atoms with Gasteiger partial charge in [-0.05, 0) is 60.0 Å². The Hall–Kier alpha value is -0.290. The third-order valence-corrected chi connectivity index (χ3v) is 11.9. The molecule has 170 valence electrons. The Bertz CT molecular complexity index is 753. The van der Waals surface area contributed by atoms with Crippen LogP contribution in [0.1, 0.15) is 53.4 Å². The standard InChI is InChI=1S/C18H35O8P3/c1-15(2)8-6-9-16(3)10-7-11-17(4)12-13-26-18(29(23,24)25)27(5,19)14-28(20,21)22/h8,10,12,18H,6-7,9,11,13-14H2,1-5H3,(H2,20,21,22)(H2,23,24,25). The molecule has 11 heteroatoms. The summed E-state index contributed by atoms with van der Waals surface area (Å²) in [6.07, 6.45) is 9.51. The van der Waals surface area contributed by atoms with E-state index in [0.717, 1.165) is 37.9 Å². The normalized spacial score (nSPS) is 17.0. The van der Waals surface area contributed by atoms with E-state index in [1.54, 1.807) is 6.08 Å². The van der Waals surface area contributed by atoms with Crippen molar-refractivity contribution in [1.29, 1.82) is 0 Å². The number of hydrogen-bond donors (Lipinski definition) is 4. The summed E-state index contributed by atoms with van der Waals surface area (Å²) in [5, 5.41) is 0. The topological polar surface area (TPSA) is 141 Å². The highest BCUT2D eigenvalue weighted by Gasteiger charge is 2.45. The third kappa shape index (κ3) is 14.4. The SMILES string of the molecule is CC(C)=CCCC(C)=CCCC(C)=CCOC(P(=O)(O)O)P(C)(=O)CP(=O)(O)O. The van der Waals surface area contributed by atoms with Crippen LogP contribution in [0.3, 0.4) is 0 Å². The van der Waals surface area contributed by atoms with Crippen LogP contribution in [0.2, 0.25) is 0 Å². The van der Waals surface area contributed by atoms with Crippen LogP contribution in [0.15, 0.2) is 34.9 Å². The first kappa shape index (κ1) is 28.7. The van der Waals surface area contributed by atoms with Crippen LogP contribution in [0.5, 0.6) is 0 Å². The molecule has 4 N–H and O–H groups in total. The van der Waals surface area contributed by atoms with Crippen molar-refractivity contribution in [1.82, 2.24) is 0 Å². The zero-order chi connectivity index (χ0) is 22.9. The van der Waals surface area contributed by atoms with E-state index in [1.807, 2.05) is 6.92 Å². The monoisotopic (exact) mass is 472 g/mol. The second-order valence-corrected chi connectivity index (χ2v) is 15.0. The smallest absolute Gasteiger partial charge is 0.354 e. The van der Waals surface area contributed by atoms with Crippen LogP contribution in [0, 0.1) is 0 Å². The number of allylic oxidation sites excluding steroid dienone is 5. The van der Waals surface area contributed by atoms with Gasteiger partial charge in [0, 0.05) is 0 Å². The van der Waals surface area contributed by atoms with Gasteiger partial charge in [-0.25, -0.2) is 0 Å². The minimum atomic E-state index is -4.97. The second-order valence-electron chi connectivity index (χ2n) is 7.69. The Morgan fingerprint density at radius 3 is 1.79 bits per heavy atom. The highest BCUT2D eigenvalue weighted by Crippen LogP contribution is 2.67. The predicted octanol–water partition coefficient (Wildman–Crippen LogP) is 5.01. The molecule has 0 bridgehead atoms. The molecular formula is C18H35O8P3. The molecule has 0 radical (unpaired) electrons. The van der Waals surface area contributed by atoms with Gasteiger partial charge in [-0.1, -0.05) is 34.9 Å². The minimum Gasteiger partial charge on any atom is -0.354 e. The molecular weight excluding hydrogens is 437 g/mol. The molecule has 0 spiro atoms. The zero-order valence-electron chi connectivity index (χ0n) is 17.8. The van der Waals surface area contributed by atoms with Crippen molar-refractivity contribution in [2.45, 2.75) is 59.0 Å². The summed E-state index contributed by atoms with van der Waals surface area (Å²) >= 11 is 0. The quantitative estimate of drug-likeness (QED) is 0.216. The summed E-state index contributed by atoms with van der Waals surface area (Å²) < 4.78 is 40.4. The highest BCUT2D eigenvalue weighted by molar-refractivity contribution is 7.82. The Morgan fingerprint density at radius 1 is 0.862 bits per heavy atom. The van der Waals surface area contributed by atoms with Gasteiger partial charge in [0.25, 0.3) is 0 Å². The van der Waals surface area contributed by atoms with Gasteiger partial charge in [-0.2, -0.15) is 0 Å². The van der Waals surface area contributed by atoms with Gasteiger partial charge in [0.15, 0.2) is 0 Å². The fraction of sp³-hybridized carbons (Fsp3) is 0.667. The van der Waals surface area contributed by atoms with E-state index in [0.29, 0.717) is 0 Å². The first-order valence-corrected chi connectivity index (χ1v) is 15.2. The maximum absolute atomic E-state index is 12.5. The Balaban J connectivity index is 4.78. The summed E-state index contributed by atoms with van der Waals surface area (Å²) in [4.78, 5) is 36.9. The average molecular weight is 472 g/mol. The third-order valence-electron chi connectivity index (χ3n) is 4.02. The maximum atomic E-state index is 12.5. The lowest BCUT2D eigenvalue weighted by molar-refractivity contribution is 0.154. The molecule has 0 rings (SSSR count). The molecule has 8 nitrogen and oxygen atoms in total. The van der Waals surface area contributed by atoms with Crippen LogP contribution in [0.25, 0.3) is 0 Å². The van der Waals surface area contributed by atoms with Gasteiger partial charge in [0.1, 0.15) is 13.0 Å². The van der Waals surface area contributed by atoms with Crippen molar-refractivity contribution in [2.24, 2.45) is 0 Å². The molecule has 0 amide bonds. The molecule has 0 aliphatic rings. The summed E-state index contributed by atoms with van der Waals surface area (Å²) in [6, 6.07) is 0. The van der Waals surface area contributed by atoms with Crippen molar-refractivity contribution in [2.75, 3.05) is 19.2 Å². The van der Waals surface area contributed by atoms with E-state index < -0.39 is 33.8 Å². The van der Waals surface area contributed by atoms with Gasteiger partial charge in [-0.3, -0.25) is 9.13 Å². The van der Waals surface area contributed by atoms with Gasteiger partial charge < -0.3 is 28.9 Å². The molecule has 0 heterocycles. The van der Waals surface area contributed by atoms with E-state index in [4.69, 9.17) is 14.5 Å². The highest BCUT2D eigenvalue weighted by atomic mass is 31.3. The predicted molar refractivity (Wildman–Crippen MR) is 118 cm³/mol. The van der Waals surface area contributed by atoms with Crippen molar-refractivity contribution >= 4 is 22.3 Å². The van der Waals surface area contributed by atoms with E-state index in [9.17, 15) is 23.5 Å². The molecule has 0 saturated heterocycles. The molecule has 0 fully saturated rings. The Labute approximate surface area is 173 Å². The van der Waals surface area contributed by atoms with Crippen LogP contribution in [-0.4, -0.2) is 44.3 Å². The van der Waals surface area contributed by atoms with Crippen LogP contribution >= 0.6 is 22.3 Å². The summed E-state index contributed by atoms with van der Waals surface area (Å²) in [5.74, 6) is -1.12. The van der Waals surface area contributed by atoms with Crippen LogP contribution in [-0.2, 0) is 18.4 Å². The Morgan fingerprint density at radius 2 is 1.34 bits per heavy atom. The lowest BCUT2D eigenvalue weighted by Crippen LogP contribution is -2.16. The minimum absolute atomic E-state index is 0.204. The molecule has 29 heavy (non-hydrogen) atoms. The first-order valence-electron chi connectivity index (χ1n) is 9.27. The van der Waals surface area contributed by atoms with E-state index >= 15 is 0 Å². The number of ether oxygens (including phenoxy) is 1. The molecule has 0 aromatic carbocycles. The molecule has 0 aromatic rings. The number of hydrogen-bond acceptors (Lipinski definition) is 4. The lowest BCUT2D eigenvalue weighted by Gasteiger charge is -2.25. The fourth-order valence-electron chi connectivity index (χ4n) is 2.62. The van der Waals surface area contributed by atoms with Crippen molar-refractivity contribution < 1.29 is 38.0 Å². The maximum Gasteiger partial charge on any atom is 0.361 e. The fourth-order valence-corrected chi connectivity index (χ4v) is 9.99. The molecule has 0 aliphatic heterocycles. The molecule has 0 aromatic heterocycles. The van der Waals surface area contributed by atoms with Gasteiger partial charge in [-0.15, -0.1) is 0 Å². The molecule has 0 aliphatic carbocycles. The lowest BCUT2D eigenvalue weighted by atomic mass is 10.1. The van der Waals surface area contributed by atoms with Crippen LogP contribution < -0.4 is 0 Å². The van der Waals surface area contributed by atoms with Crippen molar-refractivity contribution in [3.63, 3.8) is 0 Å². The van der Waals surface area contributed by atoms with E-state index in [2.05, 4.69) is 32.9 Å². The van der Waals surface area contributed by atoms with E-state index in [1.165, 1.54) is 11.1 Å². The van der Waals surface area contributed by atoms with Gasteiger partial charge >= 0.3 is 15.2 Å². The molecule has 0 saturated carbocycles. The summed E-state index contributed by atoms with van der Waals surface area (Å²) in [7, 11) is -13.6. The second kappa shape index (κ2) is 12.5. The Kier molecular flexibility index (Phi) is 12.4. The molecule has 2 unspecified atom stereocenters. The zero-order valence-corrected chi connectivity index (χ0v) is 20.5. The van der Waals surface area contributed by atoms with Gasteiger partial charge in [0.05, 0.1) is 6.61 Å². The van der Waals surface area contributed by atoms with Crippen molar-refractivity contribution in [3.05, 3.63) is 34.9 Å². The summed E-state index contributed by atoms with van der Waals surface area (Å²) in [6.45, 7) is 8.79. The largest absolute Gasteiger partial charge is 0.361 e. The van der Waals surface area contributed by atoms with Gasteiger partial charge in [0.2, 0.25) is 5.59 Å². The summed E-state index contributed by atoms with van der Waals surface area (Å²) in [5.41, 5.74) is 1.48. The number of rotatable bonds is 13. The first-order chi connectivity index (χ1) is 13.0.